The van der Waals surface area contributed by atoms with Gasteiger partial charge in [0.15, 0.2) is 0 Å². The number of anilines is 2. The Morgan fingerprint density at radius 3 is 2.29 bits per heavy atom. The Bertz CT molecular complexity index is 1000. The summed E-state index contributed by atoms with van der Waals surface area (Å²) < 4.78 is 39.5. The van der Waals surface area contributed by atoms with Gasteiger partial charge in [0, 0.05) is 69.7 Å². The van der Waals surface area contributed by atoms with Crippen LogP contribution in [-0.4, -0.2) is 67.6 Å². The van der Waals surface area contributed by atoms with Crippen molar-refractivity contribution in [2.45, 2.75) is 31.5 Å². The molecule has 7 nitrogen and oxygen atoms in total. The van der Waals surface area contributed by atoms with Crippen molar-refractivity contribution in [3.63, 3.8) is 0 Å². The van der Waals surface area contributed by atoms with Gasteiger partial charge >= 0.3 is 6.18 Å². The Morgan fingerprint density at radius 1 is 0.971 bits per heavy atom. The number of rotatable bonds is 7. The van der Waals surface area contributed by atoms with Gasteiger partial charge in [-0.05, 0) is 48.4 Å². The monoisotopic (exact) mass is 489 g/mol. The average Bonchev–Trinajstić information content (AvgIpc) is 2.88. The van der Waals surface area contributed by atoms with Crippen LogP contribution in [0.4, 0.5) is 30.2 Å². The van der Waals surface area contributed by atoms with Gasteiger partial charge in [-0.15, -0.1) is 4.91 Å². The van der Waals surface area contributed by atoms with E-state index in [4.69, 9.17) is 0 Å². The zero-order valence-electron chi connectivity index (χ0n) is 19.5. The highest BCUT2D eigenvalue weighted by Crippen LogP contribution is 2.38. The maximum Gasteiger partial charge on any atom is 0.418 e. The third-order valence-corrected chi connectivity index (χ3v) is 6.75. The maximum atomic E-state index is 13.2. The molecular formula is C25H30F3N5O2. The second-order valence-corrected chi connectivity index (χ2v) is 9.03. The molecule has 1 N–H and O–H groups in total. The van der Waals surface area contributed by atoms with Crippen molar-refractivity contribution in [3.8, 4) is 0 Å². The smallest absolute Gasteiger partial charge is 0.382 e. The normalized spacial score (nSPS) is 17.9. The molecule has 2 heterocycles. The van der Waals surface area contributed by atoms with Gasteiger partial charge in [0.2, 0.25) is 5.91 Å². The van der Waals surface area contributed by atoms with Gasteiger partial charge in [-0.25, -0.2) is 0 Å². The number of nitroso groups, excluding NO2 is 1. The van der Waals surface area contributed by atoms with Crippen LogP contribution in [0.25, 0.3) is 0 Å². The van der Waals surface area contributed by atoms with Crippen LogP contribution in [-0.2, 0) is 11.0 Å². The van der Waals surface area contributed by atoms with E-state index in [2.05, 4.69) is 32.4 Å². The molecule has 188 valence electrons. The highest BCUT2D eigenvalue weighted by atomic mass is 19.4. The van der Waals surface area contributed by atoms with Crippen LogP contribution in [0.15, 0.2) is 53.7 Å². The Hall–Kier alpha value is -3.14. The molecule has 10 heteroatoms. The fourth-order valence-corrected chi connectivity index (χ4v) is 4.72. The zero-order chi connectivity index (χ0) is 24.8. The van der Waals surface area contributed by atoms with Gasteiger partial charge in [-0.3, -0.25) is 9.69 Å². The van der Waals surface area contributed by atoms with Gasteiger partial charge in [0.1, 0.15) is 5.69 Å². The first-order valence-corrected chi connectivity index (χ1v) is 11.9. The number of nitrogens with zero attached hydrogens (tertiary/aromatic N) is 4. The van der Waals surface area contributed by atoms with Crippen LogP contribution in [0.3, 0.4) is 0 Å². The fourth-order valence-electron chi connectivity index (χ4n) is 4.72. The number of piperidine rings is 1. The fraction of sp³-hybridized carbons (Fsp3) is 0.480. The summed E-state index contributed by atoms with van der Waals surface area (Å²) in [5.41, 5.74) is -0.144. The van der Waals surface area contributed by atoms with Crippen molar-refractivity contribution in [1.82, 2.24) is 9.80 Å². The zero-order valence-corrected chi connectivity index (χ0v) is 19.5. The van der Waals surface area contributed by atoms with E-state index in [1.165, 1.54) is 11.8 Å². The second-order valence-electron chi connectivity index (χ2n) is 9.03. The molecule has 2 saturated heterocycles. The molecule has 0 saturated carbocycles. The lowest BCUT2D eigenvalue weighted by atomic mass is 10.0. The van der Waals surface area contributed by atoms with Gasteiger partial charge in [0.25, 0.3) is 0 Å². The SMILES string of the molecule is O=Nc1ccc(NC2CCN(C(=O)CCN3CCN(c4ccccc4)CC3)CC2)cc1C(F)(F)F. The number of hydrogen-bond acceptors (Lipinski definition) is 6. The highest BCUT2D eigenvalue weighted by molar-refractivity contribution is 5.76. The standard InChI is InChI=1S/C25H30F3N5O2/c26-25(27,28)22-18-20(6-7-23(22)30-35)29-19-8-12-33(13-9-19)24(34)10-11-31-14-16-32(17-15-31)21-4-2-1-3-5-21/h1-7,18-19,29H,8-17H2. The molecule has 0 radical (unpaired) electrons. The van der Waals surface area contributed by atoms with Crippen molar-refractivity contribution in [1.29, 1.82) is 0 Å². The minimum absolute atomic E-state index is 0.0405. The Kier molecular flexibility index (Phi) is 7.90. The average molecular weight is 490 g/mol. The van der Waals surface area contributed by atoms with Gasteiger partial charge in [-0.1, -0.05) is 18.2 Å². The van der Waals surface area contributed by atoms with Gasteiger partial charge < -0.3 is 15.1 Å². The van der Waals surface area contributed by atoms with Crippen LogP contribution in [0.2, 0.25) is 0 Å². The largest absolute Gasteiger partial charge is 0.418 e. The van der Waals surface area contributed by atoms with E-state index < -0.39 is 17.4 Å². The molecule has 0 aliphatic carbocycles. The molecule has 4 rings (SSSR count). The first-order valence-electron chi connectivity index (χ1n) is 11.9. The van der Waals surface area contributed by atoms with Gasteiger partial charge in [-0.2, -0.15) is 13.2 Å². The first kappa shape index (κ1) is 25.0. The summed E-state index contributed by atoms with van der Waals surface area (Å²) in [5, 5.41) is 5.59. The van der Waals surface area contributed by atoms with Crippen LogP contribution in [0, 0.1) is 4.91 Å². The maximum absolute atomic E-state index is 13.2. The van der Waals surface area contributed by atoms with E-state index in [-0.39, 0.29) is 11.9 Å². The molecule has 1 amide bonds. The van der Waals surface area contributed by atoms with E-state index in [0.29, 0.717) is 38.0 Å². The summed E-state index contributed by atoms with van der Waals surface area (Å²) >= 11 is 0. The number of likely N-dealkylation sites (tertiary alicyclic amines) is 1. The predicted molar refractivity (Wildman–Crippen MR) is 130 cm³/mol. The third-order valence-electron chi connectivity index (χ3n) is 6.75. The lowest BCUT2D eigenvalue weighted by Gasteiger charge is -2.37. The van der Waals surface area contributed by atoms with E-state index in [9.17, 15) is 22.9 Å². The summed E-state index contributed by atoms with van der Waals surface area (Å²) in [7, 11) is 0. The minimum atomic E-state index is -4.65. The molecule has 35 heavy (non-hydrogen) atoms. The number of benzene rings is 2. The quantitative estimate of drug-likeness (QED) is 0.570. The van der Waals surface area contributed by atoms with Crippen molar-refractivity contribution >= 4 is 23.0 Å². The van der Waals surface area contributed by atoms with E-state index in [1.807, 2.05) is 23.1 Å². The van der Waals surface area contributed by atoms with E-state index >= 15 is 0 Å². The topological polar surface area (TPSA) is 68.2 Å². The number of halogens is 3. The molecule has 0 bridgehead atoms. The van der Waals surface area contributed by atoms with Gasteiger partial charge in [0.05, 0.1) is 5.56 Å². The van der Waals surface area contributed by atoms with Crippen molar-refractivity contribution in [2.24, 2.45) is 5.18 Å². The molecule has 2 aromatic rings. The summed E-state index contributed by atoms with van der Waals surface area (Å²) in [4.78, 5) is 29.9. The van der Waals surface area contributed by atoms with Crippen LogP contribution >= 0.6 is 0 Å². The molecule has 2 aliphatic heterocycles. The van der Waals surface area contributed by atoms with Crippen LogP contribution in [0.5, 0.6) is 0 Å². The number of nitrogens with one attached hydrogen (secondary N) is 1. The van der Waals surface area contributed by atoms with E-state index in [0.717, 1.165) is 44.9 Å². The number of carbonyl (C=O) groups excluding carboxylic acids is 1. The number of hydrogen-bond donors (Lipinski definition) is 1. The number of para-hydroxylation sites is 1. The highest BCUT2D eigenvalue weighted by Gasteiger charge is 2.34. The Labute approximate surface area is 202 Å². The lowest BCUT2D eigenvalue weighted by molar-refractivity contribution is -0.137. The Balaban J connectivity index is 1.19. The number of amides is 1. The van der Waals surface area contributed by atoms with Crippen LogP contribution in [0.1, 0.15) is 24.8 Å². The molecule has 2 fully saturated rings. The minimum Gasteiger partial charge on any atom is -0.382 e. The summed E-state index contributed by atoms with van der Waals surface area (Å²) in [6.45, 7) is 5.59. The molecular weight excluding hydrogens is 459 g/mol. The molecule has 0 unspecified atom stereocenters. The summed E-state index contributed by atoms with van der Waals surface area (Å²) in [6.07, 6.45) is -2.88. The third kappa shape index (κ3) is 6.50. The van der Waals surface area contributed by atoms with E-state index in [1.54, 1.807) is 0 Å². The molecule has 2 aliphatic rings. The molecule has 0 atom stereocenters. The molecule has 2 aromatic carbocycles. The van der Waals surface area contributed by atoms with Crippen molar-refractivity contribution in [3.05, 3.63) is 59.0 Å². The second kappa shape index (κ2) is 11.1. The summed E-state index contributed by atoms with van der Waals surface area (Å²) in [5.74, 6) is 0.120. The number of carbonyl (C=O) groups is 1. The number of piperazine rings is 1. The Morgan fingerprint density at radius 2 is 1.66 bits per heavy atom. The molecule has 0 spiro atoms. The summed E-state index contributed by atoms with van der Waals surface area (Å²) in [6, 6.07) is 13.7. The molecule has 0 aromatic heterocycles. The van der Waals surface area contributed by atoms with Crippen LogP contribution < -0.4 is 10.2 Å². The lowest BCUT2D eigenvalue weighted by Crippen LogP contribution is -2.48. The number of alkyl halides is 3. The van der Waals surface area contributed by atoms with Crippen molar-refractivity contribution in [2.75, 3.05) is 56.0 Å². The predicted octanol–water partition coefficient (Wildman–Crippen LogP) is 4.72. The van der Waals surface area contributed by atoms with Crippen molar-refractivity contribution < 1.29 is 18.0 Å². The first-order chi connectivity index (χ1) is 16.8.